The summed E-state index contributed by atoms with van der Waals surface area (Å²) in [5, 5.41) is 3.57. The minimum Gasteiger partial charge on any atom is -0.466 e. The molecule has 3 nitrogen and oxygen atoms in total. The number of halogens is 1. The Morgan fingerprint density at radius 3 is 2.59 bits per heavy atom. The molecule has 4 rings (SSSR count). The van der Waals surface area contributed by atoms with Crippen LogP contribution in [0.5, 0.6) is 0 Å². The summed E-state index contributed by atoms with van der Waals surface area (Å²) in [5.74, 6) is 2.48. The van der Waals surface area contributed by atoms with Crippen LogP contribution in [0.15, 0.2) is 24.3 Å². The number of fused-ring (bicyclic) bond motifs is 5. The highest BCUT2D eigenvalue weighted by Gasteiger charge is 2.66. The van der Waals surface area contributed by atoms with Crippen LogP contribution >= 0.6 is 0 Å². The van der Waals surface area contributed by atoms with E-state index < -0.39 is 0 Å². The maximum absolute atomic E-state index is 13.0. The predicted molar refractivity (Wildman–Crippen MR) is 80.3 cm³/mol. The molecule has 3 aliphatic rings. The molecule has 1 aromatic rings. The normalized spacial score (nSPS) is 37.9. The Labute approximate surface area is 130 Å². The maximum Gasteiger partial charge on any atom is 0.310 e. The van der Waals surface area contributed by atoms with Gasteiger partial charge in [0, 0.05) is 12.6 Å². The van der Waals surface area contributed by atoms with Gasteiger partial charge in [0.25, 0.3) is 0 Å². The highest BCUT2D eigenvalue weighted by atomic mass is 19.1. The minimum atomic E-state index is -0.214. The molecule has 3 saturated carbocycles. The van der Waals surface area contributed by atoms with E-state index in [1.54, 1.807) is 12.1 Å². The molecule has 118 valence electrons. The van der Waals surface area contributed by atoms with E-state index >= 15 is 0 Å². The third-order valence-electron chi connectivity index (χ3n) is 5.86. The smallest absolute Gasteiger partial charge is 0.310 e. The lowest BCUT2D eigenvalue weighted by molar-refractivity contribution is -0.151. The Morgan fingerprint density at radius 1 is 1.18 bits per heavy atom. The molecule has 0 saturated heterocycles. The van der Waals surface area contributed by atoms with E-state index in [4.69, 9.17) is 4.74 Å². The number of esters is 1. The van der Waals surface area contributed by atoms with Crippen LogP contribution in [0.25, 0.3) is 0 Å². The van der Waals surface area contributed by atoms with Gasteiger partial charge in [-0.2, -0.15) is 0 Å². The fraction of sp³-hybridized carbons (Fsp3) is 0.611. The number of nitrogens with one attached hydrogen (secondary N) is 1. The molecule has 6 atom stereocenters. The lowest BCUT2D eigenvalue weighted by atomic mass is 9.84. The molecular weight excluding hydrogens is 281 g/mol. The van der Waals surface area contributed by atoms with Crippen molar-refractivity contribution in [1.82, 2.24) is 5.32 Å². The largest absolute Gasteiger partial charge is 0.466 e. The summed E-state index contributed by atoms with van der Waals surface area (Å²) >= 11 is 0. The molecule has 1 aromatic carbocycles. The van der Waals surface area contributed by atoms with E-state index in [2.05, 4.69) is 5.32 Å². The zero-order chi connectivity index (χ0) is 15.3. The van der Waals surface area contributed by atoms with Crippen molar-refractivity contribution in [3.05, 3.63) is 35.6 Å². The quantitative estimate of drug-likeness (QED) is 0.850. The van der Waals surface area contributed by atoms with Crippen molar-refractivity contribution in [1.29, 1.82) is 0 Å². The van der Waals surface area contributed by atoms with Gasteiger partial charge in [-0.05, 0) is 61.1 Å². The number of hydrogen-bond donors (Lipinski definition) is 1. The van der Waals surface area contributed by atoms with Gasteiger partial charge < -0.3 is 10.1 Å². The summed E-state index contributed by atoms with van der Waals surface area (Å²) in [7, 11) is 0. The number of hydrogen-bond acceptors (Lipinski definition) is 3. The van der Waals surface area contributed by atoms with E-state index in [-0.39, 0.29) is 23.7 Å². The zero-order valence-corrected chi connectivity index (χ0v) is 12.8. The van der Waals surface area contributed by atoms with Gasteiger partial charge in [0.1, 0.15) is 5.82 Å². The number of benzene rings is 1. The summed E-state index contributed by atoms with van der Waals surface area (Å²) in [4.78, 5) is 12.4. The van der Waals surface area contributed by atoms with E-state index in [1.807, 2.05) is 6.92 Å². The van der Waals surface area contributed by atoms with E-state index in [0.717, 1.165) is 17.4 Å². The van der Waals surface area contributed by atoms with Crippen molar-refractivity contribution in [2.24, 2.45) is 29.6 Å². The van der Waals surface area contributed by atoms with Gasteiger partial charge in [0.15, 0.2) is 0 Å². The van der Waals surface area contributed by atoms with Crippen LogP contribution in [0.3, 0.4) is 0 Å². The molecular formula is C18H22FNO2. The van der Waals surface area contributed by atoms with Crippen molar-refractivity contribution in [2.75, 3.05) is 6.61 Å². The molecule has 0 radical (unpaired) electrons. The first-order valence-corrected chi connectivity index (χ1v) is 8.33. The molecule has 1 N–H and O–H groups in total. The SMILES string of the molecule is CCOC(=O)C1C(NCc2ccc(F)cc2)C2CC1[C@@H]1C[C@H]21. The summed E-state index contributed by atoms with van der Waals surface area (Å²) in [6.07, 6.45) is 2.46. The Kier molecular flexibility index (Phi) is 3.44. The maximum atomic E-state index is 13.0. The summed E-state index contributed by atoms with van der Waals surface area (Å²) in [5.41, 5.74) is 1.05. The molecule has 4 unspecified atom stereocenters. The van der Waals surface area contributed by atoms with Crippen molar-refractivity contribution < 1.29 is 13.9 Å². The highest BCUT2D eigenvalue weighted by molar-refractivity contribution is 5.75. The monoisotopic (exact) mass is 303 g/mol. The van der Waals surface area contributed by atoms with Gasteiger partial charge in [-0.3, -0.25) is 4.79 Å². The third-order valence-corrected chi connectivity index (χ3v) is 5.86. The third kappa shape index (κ3) is 2.24. The number of carbonyl (C=O) groups excluding carboxylic acids is 1. The molecule has 3 aliphatic carbocycles. The number of ether oxygens (including phenoxy) is 1. The molecule has 0 spiro atoms. The molecule has 0 aliphatic heterocycles. The molecule has 0 heterocycles. The van der Waals surface area contributed by atoms with E-state index in [9.17, 15) is 9.18 Å². The first-order chi connectivity index (χ1) is 10.7. The van der Waals surface area contributed by atoms with Crippen LogP contribution in [-0.2, 0) is 16.1 Å². The standard InChI is InChI=1S/C18H22FNO2/c1-2-22-18(21)16-14-8-15(13-7-12(13)14)17(16)20-9-10-3-5-11(19)6-4-10/h3-6,12-17,20H,2,7-9H2,1H3/t12-,13+,14?,15?,16?,17?/m1/s1. The fourth-order valence-corrected chi connectivity index (χ4v) is 4.92. The van der Waals surface area contributed by atoms with Crippen LogP contribution in [-0.4, -0.2) is 18.6 Å². The zero-order valence-electron chi connectivity index (χ0n) is 12.8. The van der Waals surface area contributed by atoms with Gasteiger partial charge in [-0.15, -0.1) is 0 Å². The molecule has 2 bridgehead atoms. The predicted octanol–water partition coefficient (Wildman–Crippen LogP) is 2.75. The fourth-order valence-electron chi connectivity index (χ4n) is 4.92. The average molecular weight is 303 g/mol. The topological polar surface area (TPSA) is 38.3 Å². The Morgan fingerprint density at radius 2 is 1.86 bits per heavy atom. The minimum absolute atomic E-state index is 0.00847. The second-order valence-corrected chi connectivity index (χ2v) is 6.94. The van der Waals surface area contributed by atoms with Crippen molar-refractivity contribution in [3.8, 4) is 0 Å². The molecule has 0 amide bonds. The Hall–Kier alpha value is -1.42. The van der Waals surface area contributed by atoms with Crippen molar-refractivity contribution in [2.45, 2.75) is 32.4 Å². The van der Waals surface area contributed by atoms with E-state index in [1.165, 1.54) is 25.0 Å². The van der Waals surface area contributed by atoms with Crippen molar-refractivity contribution >= 4 is 5.97 Å². The summed E-state index contributed by atoms with van der Waals surface area (Å²) in [6, 6.07) is 6.79. The summed E-state index contributed by atoms with van der Waals surface area (Å²) < 4.78 is 18.3. The first kappa shape index (κ1) is 14.2. The van der Waals surface area contributed by atoms with Crippen LogP contribution in [0, 0.1) is 35.4 Å². The van der Waals surface area contributed by atoms with Crippen LogP contribution < -0.4 is 5.32 Å². The number of rotatable bonds is 5. The Balaban J connectivity index is 1.46. The second-order valence-electron chi connectivity index (χ2n) is 6.94. The highest BCUT2D eigenvalue weighted by Crippen LogP contribution is 2.67. The molecule has 0 aromatic heterocycles. The molecule has 4 heteroatoms. The lowest BCUT2D eigenvalue weighted by Crippen LogP contribution is -2.45. The molecule has 3 fully saturated rings. The lowest BCUT2D eigenvalue weighted by Gasteiger charge is -2.30. The van der Waals surface area contributed by atoms with Crippen LogP contribution in [0.1, 0.15) is 25.3 Å². The van der Waals surface area contributed by atoms with Crippen LogP contribution in [0.4, 0.5) is 4.39 Å². The van der Waals surface area contributed by atoms with Crippen LogP contribution in [0.2, 0.25) is 0 Å². The Bertz CT molecular complexity index is 573. The van der Waals surface area contributed by atoms with Gasteiger partial charge in [0.2, 0.25) is 0 Å². The van der Waals surface area contributed by atoms with E-state index in [0.29, 0.717) is 25.0 Å². The van der Waals surface area contributed by atoms with Gasteiger partial charge in [-0.1, -0.05) is 12.1 Å². The van der Waals surface area contributed by atoms with Gasteiger partial charge in [-0.25, -0.2) is 4.39 Å². The summed E-state index contributed by atoms with van der Waals surface area (Å²) in [6.45, 7) is 3.00. The van der Waals surface area contributed by atoms with Gasteiger partial charge in [0.05, 0.1) is 12.5 Å². The number of carbonyl (C=O) groups is 1. The van der Waals surface area contributed by atoms with Crippen molar-refractivity contribution in [3.63, 3.8) is 0 Å². The molecule has 22 heavy (non-hydrogen) atoms. The van der Waals surface area contributed by atoms with Gasteiger partial charge >= 0.3 is 5.97 Å². The second kappa shape index (κ2) is 5.34. The average Bonchev–Trinajstić information content (AvgIpc) is 3.13. The first-order valence-electron chi connectivity index (χ1n) is 8.33.